The highest BCUT2D eigenvalue weighted by atomic mass is 16.6. The second kappa shape index (κ2) is 4.09. The van der Waals surface area contributed by atoms with Crippen molar-refractivity contribution in [2.24, 2.45) is 5.41 Å². The first-order valence-electron chi connectivity index (χ1n) is 5.46. The van der Waals surface area contributed by atoms with E-state index < -0.39 is 0 Å². The normalized spacial score (nSPS) is 18.6. The van der Waals surface area contributed by atoms with Crippen LogP contribution in [0, 0.1) is 17.3 Å². The van der Waals surface area contributed by atoms with Crippen LogP contribution >= 0.6 is 0 Å². The van der Waals surface area contributed by atoms with Crippen molar-refractivity contribution in [3.8, 4) is 23.3 Å². The van der Waals surface area contributed by atoms with Gasteiger partial charge in [-0.15, -0.1) is 0 Å². The zero-order chi connectivity index (χ0) is 11.6. The van der Waals surface area contributed by atoms with Crippen LogP contribution in [-0.4, -0.2) is 12.7 Å². The van der Waals surface area contributed by atoms with Crippen molar-refractivity contribution in [1.82, 2.24) is 0 Å². The van der Waals surface area contributed by atoms with Gasteiger partial charge in [-0.25, -0.2) is 0 Å². The van der Waals surface area contributed by atoms with Crippen molar-refractivity contribution >= 4 is 0 Å². The molecule has 1 aliphatic rings. The number of benzene rings is 1. The third kappa shape index (κ3) is 2.70. The maximum atomic E-state index is 5.73. The number of hydrogen-bond acceptors (Lipinski definition) is 2. The molecule has 0 amide bonds. The van der Waals surface area contributed by atoms with Gasteiger partial charge in [0.15, 0.2) is 17.6 Å². The zero-order valence-corrected chi connectivity index (χ0v) is 9.91. The largest absolute Gasteiger partial charge is 0.485 e. The van der Waals surface area contributed by atoms with Gasteiger partial charge in [-0.05, 0) is 32.9 Å². The molecule has 0 fully saturated rings. The van der Waals surface area contributed by atoms with E-state index in [-0.39, 0.29) is 11.5 Å². The predicted octanol–water partition coefficient (Wildman–Crippen LogP) is 2.88. The van der Waals surface area contributed by atoms with Crippen molar-refractivity contribution in [3.05, 3.63) is 24.3 Å². The summed E-state index contributed by atoms with van der Waals surface area (Å²) in [7, 11) is 0. The molecule has 1 atom stereocenters. The van der Waals surface area contributed by atoms with Crippen LogP contribution in [-0.2, 0) is 0 Å². The van der Waals surface area contributed by atoms with Crippen LogP contribution < -0.4 is 9.47 Å². The summed E-state index contributed by atoms with van der Waals surface area (Å²) in [6, 6.07) is 7.67. The fraction of sp³-hybridized carbons (Fsp3) is 0.429. The average Bonchev–Trinajstić information content (AvgIpc) is 2.25. The van der Waals surface area contributed by atoms with E-state index in [1.165, 1.54) is 0 Å². The fourth-order valence-electron chi connectivity index (χ4n) is 1.39. The lowest BCUT2D eigenvalue weighted by molar-refractivity contribution is 0.128. The first kappa shape index (κ1) is 10.9. The maximum absolute atomic E-state index is 5.73. The molecular weight excluding hydrogens is 200 g/mol. The first-order chi connectivity index (χ1) is 7.54. The molecule has 1 aromatic rings. The van der Waals surface area contributed by atoms with Gasteiger partial charge in [0.05, 0.1) is 0 Å². The molecule has 0 saturated carbocycles. The highest BCUT2D eigenvalue weighted by Crippen LogP contribution is 2.30. The predicted molar refractivity (Wildman–Crippen MR) is 63.6 cm³/mol. The Morgan fingerprint density at radius 2 is 1.88 bits per heavy atom. The van der Waals surface area contributed by atoms with Crippen molar-refractivity contribution in [2.75, 3.05) is 6.61 Å². The fourth-order valence-corrected chi connectivity index (χ4v) is 1.39. The van der Waals surface area contributed by atoms with E-state index in [9.17, 15) is 0 Å². The Morgan fingerprint density at radius 1 is 1.19 bits per heavy atom. The Kier molecular flexibility index (Phi) is 2.78. The van der Waals surface area contributed by atoms with Crippen LogP contribution in [0.1, 0.15) is 20.8 Å². The molecule has 0 radical (unpaired) electrons. The Hall–Kier alpha value is -1.62. The second-order valence-corrected chi connectivity index (χ2v) is 4.88. The summed E-state index contributed by atoms with van der Waals surface area (Å²) < 4.78 is 11.3. The molecule has 2 heteroatoms. The van der Waals surface area contributed by atoms with Gasteiger partial charge in [0, 0.05) is 5.41 Å². The Bertz CT molecular complexity index is 432. The summed E-state index contributed by atoms with van der Waals surface area (Å²) in [4.78, 5) is 0. The van der Waals surface area contributed by atoms with E-state index >= 15 is 0 Å². The zero-order valence-electron chi connectivity index (χ0n) is 9.91. The molecule has 1 aromatic carbocycles. The van der Waals surface area contributed by atoms with Crippen LogP contribution in [0.25, 0.3) is 0 Å². The lowest BCUT2D eigenvalue weighted by Gasteiger charge is -2.23. The van der Waals surface area contributed by atoms with E-state index in [0.717, 1.165) is 11.5 Å². The first-order valence-corrected chi connectivity index (χ1v) is 5.46. The molecule has 0 bridgehead atoms. The molecule has 0 N–H and O–H groups in total. The van der Waals surface area contributed by atoms with Gasteiger partial charge in [0.2, 0.25) is 0 Å². The van der Waals surface area contributed by atoms with Gasteiger partial charge < -0.3 is 9.47 Å². The quantitative estimate of drug-likeness (QED) is 0.621. The summed E-state index contributed by atoms with van der Waals surface area (Å²) >= 11 is 0. The minimum absolute atomic E-state index is 0.000322. The summed E-state index contributed by atoms with van der Waals surface area (Å²) in [6.07, 6.45) is -0.158. The van der Waals surface area contributed by atoms with Gasteiger partial charge in [0.1, 0.15) is 6.61 Å². The third-order valence-corrected chi connectivity index (χ3v) is 2.12. The highest BCUT2D eigenvalue weighted by Gasteiger charge is 2.18. The van der Waals surface area contributed by atoms with Crippen LogP contribution in [0.2, 0.25) is 0 Å². The third-order valence-electron chi connectivity index (χ3n) is 2.12. The van der Waals surface area contributed by atoms with E-state index in [1.807, 2.05) is 24.3 Å². The number of fused-ring (bicyclic) bond motifs is 1. The molecular formula is C14H16O2. The molecule has 16 heavy (non-hydrogen) atoms. The van der Waals surface area contributed by atoms with E-state index in [1.54, 1.807) is 0 Å². The minimum atomic E-state index is -0.158. The molecule has 84 valence electrons. The molecule has 0 aliphatic carbocycles. The average molecular weight is 216 g/mol. The molecule has 1 heterocycles. The van der Waals surface area contributed by atoms with Crippen molar-refractivity contribution < 1.29 is 9.47 Å². The summed E-state index contributed by atoms with van der Waals surface area (Å²) in [5.41, 5.74) is 0.000322. The minimum Gasteiger partial charge on any atom is -0.485 e. The van der Waals surface area contributed by atoms with E-state index in [0.29, 0.717) is 6.61 Å². The number of rotatable bonds is 0. The molecule has 0 spiro atoms. The number of para-hydroxylation sites is 2. The van der Waals surface area contributed by atoms with Crippen LogP contribution in [0.5, 0.6) is 11.5 Å². The van der Waals surface area contributed by atoms with Crippen LogP contribution in [0.3, 0.4) is 0 Å². The highest BCUT2D eigenvalue weighted by molar-refractivity contribution is 5.41. The molecule has 1 unspecified atom stereocenters. The van der Waals surface area contributed by atoms with E-state index in [4.69, 9.17) is 9.47 Å². The van der Waals surface area contributed by atoms with Crippen LogP contribution in [0.15, 0.2) is 24.3 Å². The standard InChI is InChI=1S/C14H16O2/c1-14(2,3)9-8-11-10-15-12-6-4-5-7-13(12)16-11/h4-7,11H,10H2,1-3H3. The second-order valence-electron chi connectivity index (χ2n) is 4.88. The molecule has 2 nitrogen and oxygen atoms in total. The monoisotopic (exact) mass is 216 g/mol. The maximum Gasteiger partial charge on any atom is 0.193 e. The molecule has 0 saturated heterocycles. The molecule has 0 aromatic heterocycles. The lowest BCUT2D eigenvalue weighted by atomic mass is 9.98. The summed E-state index contributed by atoms with van der Waals surface area (Å²) in [6.45, 7) is 6.74. The Labute approximate surface area is 96.6 Å². The van der Waals surface area contributed by atoms with Gasteiger partial charge >= 0.3 is 0 Å². The molecule has 2 rings (SSSR count). The topological polar surface area (TPSA) is 18.5 Å². The number of hydrogen-bond donors (Lipinski definition) is 0. The van der Waals surface area contributed by atoms with Gasteiger partial charge in [-0.2, -0.15) is 0 Å². The lowest BCUT2D eigenvalue weighted by Crippen LogP contribution is -2.27. The van der Waals surface area contributed by atoms with Gasteiger partial charge in [0.25, 0.3) is 0 Å². The summed E-state index contributed by atoms with van der Waals surface area (Å²) in [5, 5.41) is 0. The van der Waals surface area contributed by atoms with Crippen molar-refractivity contribution in [2.45, 2.75) is 26.9 Å². The van der Waals surface area contributed by atoms with Crippen LogP contribution in [0.4, 0.5) is 0 Å². The summed E-state index contributed by atoms with van der Waals surface area (Å²) in [5.74, 6) is 7.85. The Morgan fingerprint density at radius 3 is 2.56 bits per heavy atom. The Balaban J connectivity index is 2.11. The van der Waals surface area contributed by atoms with Crippen molar-refractivity contribution in [3.63, 3.8) is 0 Å². The number of ether oxygens (including phenoxy) is 2. The smallest absolute Gasteiger partial charge is 0.193 e. The van der Waals surface area contributed by atoms with Crippen molar-refractivity contribution in [1.29, 1.82) is 0 Å². The van der Waals surface area contributed by atoms with Gasteiger partial charge in [-0.3, -0.25) is 0 Å². The SMILES string of the molecule is CC(C)(C)C#CC1COc2ccccc2O1. The molecule has 1 aliphatic heterocycles. The van der Waals surface area contributed by atoms with E-state index in [2.05, 4.69) is 32.6 Å². The van der Waals surface area contributed by atoms with Gasteiger partial charge in [-0.1, -0.05) is 24.0 Å².